The summed E-state index contributed by atoms with van der Waals surface area (Å²) < 4.78 is 0. The largest absolute Gasteiger partial charge is 0.384 e. The van der Waals surface area contributed by atoms with Crippen LogP contribution in [-0.4, -0.2) is 16.9 Å². The Bertz CT molecular complexity index is 263. The van der Waals surface area contributed by atoms with Crippen molar-refractivity contribution in [1.82, 2.24) is 0 Å². The zero-order valence-electron chi connectivity index (χ0n) is 9.83. The number of hydrogen-bond acceptors (Lipinski definition) is 2. The van der Waals surface area contributed by atoms with E-state index in [4.69, 9.17) is 0 Å². The van der Waals surface area contributed by atoms with Crippen molar-refractivity contribution in [2.75, 3.05) is 0 Å². The Balaban J connectivity index is 2.72. The van der Waals surface area contributed by atoms with Crippen LogP contribution in [0.2, 0.25) is 0 Å². The van der Waals surface area contributed by atoms with Gasteiger partial charge in [0.1, 0.15) is 5.60 Å². The molecule has 1 atom stereocenters. The van der Waals surface area contributed by atoms with Crippen LogP contribution in [0.5, 0.6) is 0 Å². The van der Waals surface area contributed by atoms with Gasteiger partial charge in [0.15, 0.2) is 0 Å². The van der Waals surface area contributed by atoms with Crippen molar-refractivity contribution >= 4 is 6.21 Å². The summed E-state index contributed by atoms with van der Waals surface area (Å²) in [6.45, 7) is 10.2. The first-order valence-corrected chi connectivity index (χ1v) is 5.18. The fraction of sp³-hybridized carbons (Fsp3) is 0.750. The molecule has 0 fully saturated rings. The molecule has 1 N–H and O–H groups in total. The van der Waals surface area contributed by atoms with Crippen molar-refractivity contribution in [3.8, 4) is 0 Å². The SMILES string of the molecule is CC(C)(O)C1=CCC(C(C)(C)C)C=N1. The van der Waals surface area contributed by atoms with E-state index in [1.807, 2.05) is 6.21 Å². The van der Waals surface area contributed by atoms with Crippen molar-refractivity contribution in [3.05, 3.63) is 11.8 Å². The molecule has 0 radical (unpaired) electrons. The first kappa shape index (κ1) is 11.4. The maximum atomic E-state index is 9.75. The molecule has 0 bridgehead atoms. The van der Waals surface area contributed by atoms with Gasteiger partial charge in [0.05, 0.1) is 5.70 Å². The van der Waals surface area contributed by atoms with Gasteiger partial charge in [0, 0.05) is 12.1 Å². The molecule has 0 aliphatic carbocycles. The summed E-state index contributed by atoms with van der Waals surface area (Å²) in [5, 5.41) is 9.75. The summed E-state index contributed by atoms with van der Waals surface area (Å²) in [5.41, 5.74) is 0.239. The normalized spacial score (nSPS) is 23.6. The van der Waals surface area contributed by atoms with Crippen molar-refractivity contribution in [2.24, 2.45) is 16.3 Å². The molecule has 0 spiro atoms. The van der Waals surface area contributed by atoms with E-state index in [-0.39, 0.29) is 5.41 Å². The number of rotatable bonds is 1. The molecule has 0 saturated carbocycles. The van der Waals surface area contributed by atoms with Crippen LogP contribution < -0.4 is 0 Å². The molecule has 1 aliphatic heterocycles. The molecule has 0 aromatic heterocycles. The molecular formula is C12H21NO. The predicted molar refractivity (Wildman–Crippen MR) is 60.4 cm³/mol. The Hall–Kier alpha value is -0.630. The Kier molecular flexibility index (Phi) is 2.86. The minimum Gasteiger partial charge on any atom is -0.384 e. The smallest absolute Gasteiger partial charge is 0.101 e. The number of aliphatic hydroxyl groups is 1. The average molecular weight is 195 g/mol. The molecule has 2 heteroatoms. The summed E-state index contributed by atoms with van der Waals surface area (Å²) in [7, 11) is 0. The molecule has 0 amide bonds. The third-order valence-corrected chi connectivity index (χ3v) is 2.70. The third kappa shape index (κ3) is 2.68. The van der Waals surface area contributed by atoms with Gasteiger partial charge in [-0.05, 0) is 25.7 Å². The maximum absolute atomic E-state index is 9.75. The van der Waals surface area contributed by atoms with Crippen LogP contribution >= 0.6 is 0 Å². The van der Waals surface area contributed by atoms with Crippen molar-refractivity contribution in [1.29, 1.82) is 0 Å². The molecular weight excluding hydrogens is 174 g/mol. The van der Waals surface area contributed by atoms with Gasteiger partial charge in [-0.25, -0.2) is 0 Å². The van der Waals surface area contributed by atoms with Gasteiger partial charge >= 0.3 is 0 Å². The second kappa shape index (κ2) is 3.50. The van der Waals surface area contributed by atoms with Crippen LogP contribution in [0.1, 0.15) is 41.0 Å². The van der Waals surface area contributed by atoms with E-state index in [2.05, 4.69) is 31.8 Å². The van der Waals surface area contributed by atoms with Crippen molar-refractivity contribution in [3.63, 3.8) is 0 Å². The molecule has 2 nitrogen and oxygen atoms in total. The summed E-state index contributed by atoms with van der Waals surface area (Å²) in [5.74, 6) is 0.480. The number of aliphatic imine (C=N–C) groups is 1. The first-order valence-electron chi connectivity index (χ1n) is 5.18. The number of allylic oxidation sites excluding steroid dienone is 1. The van der Waals surface area contributed by atoms with Gasteiger partial charge in [-0.1, -0.05) is 26.8 Å². The summed E-state index contributed by atoms with van der Waals surface area (Å²) in [6, 6.07) is 0. The van der Waals surface area contributed by atoms with E-state index in [0.29, 0.717) is 5.92 Å². The Morgan fingerprint density at radius 3 is 2.14 bits per heavy atom. The lowest BCUT2D eigenvalue weighted by molar-refractivity contribution is 0.117. The maximum Gasteiger partial charge on any atom is 0.101 e. The van der Waals surface area contributed by atoms with Crippen LogP contribution in [-0.2, 0) is 0 Å². The molecule has 1 heterocycles. The first-order chi connectivity index (χ1) is 6.21. The van der Waals surface area contributed by atoms with Gasteiger partial charge in [0.2, 0.25) is 0 Å². The topological polar surface area (TPSA) is 32.6 Å². The minimum atomic E-state index is -0.806. The summed E-state index contributed by atoms with van der Waals surface area (Å²) in [4.78, 5) is 4.33. The van der Waals surface area contributed by atoms with Crippen LogP contribution in [0.3, 0.4) is 0 Å². The highest BCUT2D eigenvalue weighted by Crippen LogP contribution is 2.32. The fourth-order valence-corrected chi connectivity index (χ4v) is 1.51. The van der Waals surface area contributed by atoms with Crippen molar-refractivity contribution < 1.29 is 5.11 Å². The van der Waals surface area contributed by atoms with Crippen LogP contribution in [0.4, 0.5) is 0 Å². The van der Waals surface area contributed by atoms with E-state index in [9.17, 15) is 5.11 Å². The quantitative estimate of drug-likeness (QED) is 0.685. The van der Waals surface area contributed by atoms with Gasteiger partial charge in [-0.15, -0.1) is 0 Å². The third-order valence-electron chi connectivity index (χ3n) is 2.70. The standard InChI is InChI=1S/C12H21NO/c1-11(2,3)9-6-7-10(13-8-9)12(4,5)14/h7-9,14H,6H2,1-5H3. The zero-order valence-corrected chi connectivity index (χ0v) is 9.83. The number of hydrogen-bond donors (Lipinski definition) is 1. The van der Waals surface area contributed by atoms with Crippen LogP contribution in [0.25, 0.3) is 0 Å². The Labute approximate surface area is 86.7 Å². The Morgan fingerprint density at radius 2 is 1.86 bits per heavy atom. The second-order valence-electron chi connectivity index (χ2n) is 5.63. The second-order valence-corrected chi connectivity index (χ2v) is 5.63. The lowest BCUT2D eigenvalue weighted by Gasteiger charge is -2.30. The fourth-order valence-electron chi connectivity index (χ4n) is 1.51. The van der Waals surface area contributed by atoms with E-state index in [1.54, 1.807) is 13.8 Å². The molecule has 0 aromatic carbocycles. The van der Waals surface area contributed by atoms with E-state index in [0.717, 1.165) is 12.1 Å². The molecule has 80 valence electrons. The highest BCUT2D eigenvalue weighted by Gasteiger charge is 2.27. The van der Waals surface area contributed by atoms with Crippen LogP contribution in [0.15, 0.2) is 16.8 Å². The van der Waals surface area contributed by atoms with E-state index >= 15 is 0 Å². The molecule has 0 aromatic rings. The van der Waals surface area contributed by atoms with Gasteiger partial charge < -0.3 is 5.11 Å². The van der Waals surface area contributed by atoms with E-state index in [1.165, 1.54) is 0 Å². The summed E-state index contributed by atoms with van der Waals surface area (Å²) in [6.07, 6.45) is 5.01. The minimum absolute atomic E-state index is 0.255. The van der Waals surface area contributed by atoms with Gasteiger partial charge in [0.25, 0.3) is 0 Å². The molecule has 1 aliphatic rings. The molecule has 14 heavy (non-hydrogen) atoms. The highest BCUT2D eigenvalue weighted by molar-refractivity contribution is 5.65. The number of nitrogens with zero attached hydrogens (tertiary/aromatic N) is 1. The Morgan fingerprint density at radius 1 is 1.29 bits per heavy atom. The highest BCUT2D eigenvalue weighted by atomic mass is 16.3. The molecule has 0 saturated heterocycles. The van der Waals surface area contributed by atoms with Gasteiger partial charge in [-0.3, -0.25) is 4.99 Å². The average Bonchev–Trinajstić information content (AvgIpc) is 2.01. The predicted octanol–water partition coefficient (Wildman–Crippen LogP) is 2.78. The van der Waals surface area contributed by atoms with Gasteiger partial charge in [-0.2, -0.15) is 0 Å². The lowest BCUT2D eigenvalue weighted by atomic mass is 9.78. The summed E-state index contributed by atoms with van der Waals surface area (Å²) >= 11 is 0. The van der Waals surface area contributed by atoms with Crippen LogP contribution in [0, 0.1) is 11.3 Å². The monoisotopic (exact) mass is 195 g/mol. The molecule has 1 unspecified atom stereocenters. The molecule has 1 rings (SSSR count). The lowest BCUT2D eigenvalue weighted by Crippen LogP contribution is -2.27. The van der Waals surface area contributed by atoms with Crippen molar-refractivity contribution in [2.45, 2.75) is 46.6 Å². The zero-order chi connectivity index (χ0) is 11.0. The van der Waals surface area contributed by atoms with E-state index < -0.39 is 5.60 Å².